The summed E-state index contributed by atoms with van der Waals surface area (Å²) < 4.78 is 0. The van der Waals surface area contributed by atoms with Crippen LogP contribution >= 0.6 is 11.6 Å². The molecule has 0 saturated heterocycles. The number of nitrogens with two attached hydrogens (primary N) is 1. The van der Waals surface area contributed by atoms with Crippen molar-refractivity contribution in [3.63, 3.8) is 0 Å². The Morgan fingerprint density at radius 2 is 1.83 bits per heavy atom. The Balaban J connectivity index is 1.99. The third-order valence-corrected chi connectivity index (χ3v) is 3.77. The number of amides is 1. The van der Waals surface area contributed by atoms with Gasteiger partial charge in [-0.1, -0.05) is 30.9 Å². The molecule has 2 unspecified atom stereocenters. The van der Waals surface area contributed by atoms with Crippen molar-refractivity contribution in [1.29, 1.82) is 0 Å². The quantitative estimate of drug-likeness (QED) is 0.808. The van der Waals surface area contributed by atoms with E-state index in [1.165, 1.54) is 6.42 Å². The fraction of sp³-hybridized carbons (Fsp3) is 0.500. The van der Waals surface area contributed by atoms with Crippen molar-refractivity contribution in [2.75, 3.05) is 5.32 Å². The van der Waals surface area contributed by atoms with Crippen molar-refractivity contribution in [3.8, 4) is 0 Å². The molecule has 98 valence electrons. The summed E-state index contributed by atoms with van der Waals surface area (Å²) in [6.45, 7) is 0. The molecular formula is C14H19ClN2O. The molecule has 1 fully saturated rings. The maximum absolute atomic E-state index is 12.2. The molecule has 0 aromatic heterocycles. The van der Waals surface area contributed by atoms with E-state index < -0.39 is 0 Å². The summed E-state index contributed by atoms with van der Waals surface area (Å²) in [7, 11) is 0. The van der Waals surface area contributed by atoms with E-state index in [0.29, 0.717) is 5.02 Å². The second kappa shape index (κ2) is 6.21. The van der Waals surface area contributed by atoms with Crippen LogP contribution < -0.4 is 11.1 Å². The number of hydrogen-bond donors (Lipinski definition) is 2. The maximum atomic E-state index is 12.2. The Labute approximate surface area is 113 Å². The van der Waals surface area contributed by atoms with Crippen LogP contribution in [0.1, 0.15) is 32.1 Å². The summed E-state index contributed by atoms with van der Waals surface area (Å²) in [5.41, 5.74) is 6.85. The first-order valence-corrected chi connectivity index (χ1v) is 6.86. The van der Waals surface area contributed by atoms with E-state index in [4.69, 9.17) is 17.3 Å². The van der Waals surface area contributed by atoms with Crippen LogP contribution in [-0.4, -0.2) is 11.9 Å². The Kier molecular flexibility index (Phi) is 4.61. The van der Waals surface area contributed by atoms with Crippen LogP contribution in [-0.2, 0) is 4.79 Å². The van der Waals surface area contributed by atoms with Gasteiger partial charge in [0.1, 0.15) is 0 Å². The molecular weight excluding hydrogens is 248 g/mol. The first-order chi connectivity index (χ1) is 8.66. The summed E-state index contributed by atoms with van der Waals surface area (Å²) >= 11 is 5.81. The van der Waals surface area contributed by atoms with Gasteiger partial charge in [0.05, 0.1) is 5.92 Å². The molecule has 2 atom stereocenters. The van der Waals surface area contributed by atoms with Gasteiger partial charge in [0.15, 0.2) is 0 Å². The van der Waals surface area contributed by atoms with E-state index in [2.05, 4.69) is 5.32 Å². The number of anilines is 1. The second-order valence-corrected chi connectivity index (χ2v) is 5.34. The van der Waals surface area contributed by atoms with Gasteiger partial charge in [-0.3, -0.25) is 4.79 Å². The third kappa shape index (κ3) is 3.47. The molecule has 4 heteroatoms. The zero-order chi connectivity index (χ0) is 13.0. The summed E-state index contributed by atoms with van der Waals surface area (Å²) in [5.74, 6) is -0.0325. The number of hydrogen-bond acceptors (Lipinski definition) is 2. The first-order valence-electron chi connectivity index (χ1n) is 6.49. The molecule has 0 aliphatic heterocycles. The highest BCUT2D eigenvalue weighted by molar-refractivity contribution is 6.30. The minimum atomic E-state index is -0.0665. The van der Waals surface area contributed by atoms with Gasteiger partial charge in [-0.25, -0.2) is 0 Å². The average molecular weight is 267 g/mol. The Morgan fingerprint density at radius 3 is 2.56 bits per heavy atom. The van der Waals surface area contributed by atoms with Crippen molar-refractivity contribution in [1.82, 2.24) is 0 Å². The van der Waals surface area contributed by atoms with Crippen LogP contribution in [0.25, 0.3) is 0 Å². The van der Waals surface area contributed by atoms with Gasteiger partial charge in [0.25, 0.3) is 0 Å². The van der Waals surface area contributed by atoms with E-state index in [9.17, 15) is 4.79 Å². The summed E-state index contributed by atoms with van der Waals surface area (Å²) in [6, 6.07) is 7.14. The smallest absolute Gasteiger partial charge is 0.229 e. The van der Waals surface area contributed by atoms with Gasteiger partial charge in [0, 0.05) is 16.8 Å². The molecule has 0 bridgehead atoms. The number of rotatable bonds is 2. The molecule has 3 N–H and O–H groups in total. The van der Waals surface area contributed by atoms with Crippen LogP contribution in [0.4, 0.5) is 5.69 Å². The molecule has 2 rings (SSSR count). The molecule has 1 aliphatic rings. The number of nitrogens with one attached hydrogen (secondary N) is 1. The maximum Gasteiger partial charge on any atom is 0.229 e. The standard InChI is InChI=1S/C14H19ClN2O/c15-10-6-8-11(9-7-10)17-14(18)12-4-2-1-3-5-13(12)16/h6-9,12-13H,1-5,16H2,(H,17,18). The van der Waals surface area contributed by atoms with Gasteiger partial charge in [-0.05, 0) is 37.1 Å². The predicted octanol–water partition coefficient (Wildman–Crippen LogP) is 3.19. The van der Waals surface area contributed by atoms with E-state index >= 15 is 0 Å². The van der Waals surface area contributed by atoms with Gasteiger partial charge >= 0.3 is 0 Å². The lowest BCUT2D eigenvalue weighted by atomic mass is 9.94. The molecule has 0 spiro atoms. The highest BCUT2D eigenvalue weighted by Gasteiger charge is 2.26. The molecule has 0 heterocycles. The van der Waals surface area contributed by atoms with Gasteiger partial charge in [0.2, 0.25) is 5.91 Å². The Hall–Kier alpha value is -1.06. The van der Waals surface area contributed by atoms with Crippen molar-refractivity contribution >= 4 is 23.2 Å². The molecule has 3 nitrogen and oxygen atoms in total. The molecule has 1 aliphatic carbocycles. The molecule has 1 aromatic rings. The largest absolute Gasteiger partial charge is 0.327 e. The minimum absolute atomic E-state index is 0.0141. The van der Waals surface area contributed by atoms with Gasteiger partial charge in [-0.2, -0.15) is 0 Å². The highest BCUT2D eigenvalue weighted by Crippen LogP contribution is 2.24. The zero-order valence-corrected chi connectivity index (χ0v) is 11.1. The van der Waals surface area contributed by atoms with Crippen LogP contribution in [0.15, 0.2) is 24.3 Å². The zero-order valence-electron chi connectivity index (χ0n) is 10.4. The van der Waals surface area contributed by atoms with Crippen molar-refractivity contribution in [3.05, 3.63) is 29.3 Å². The normalized spacial score (nSPS) is 24.3. The van der Waals surface area contributed by atoms with Crippen LogP contribution in [0, 0.1) is 5.92 Å². The topological polar surface area (TPSA) is 55.1 Å². The first kappa shape index (κ1) is 13.4. The van der Waals surface area contributed by atoms with Crippen molar-refractivity contribution < 1.29 is 4.79 Å². The van der Waals surface area contributed by atoms with Crippen LogP contribution in [0.5, 0.6) is 0 Å². The van der Waals surface area contributed by atoms with Gasteiger partial charge in [-0.15, -0.1) is 0 Å². The number of carbonyl (C=O) groups excluding carboxylic acids is 1. The van der Waals surface area contributed by atoms with E-state index in [1.54, 1.807) is 12.1 Å². The summed E-state index contributed by atoms with van der Waals surface area (Å²) in [6.07, 6.45) is 5.23. The molecule has 1 aromatic carbocycles. The molecule has 0 radical (unpaired) electrons. The lowest BCUT2D eigenvalue weighted by Gasteiger charge is -2.20. The van der Waals surface area contributed by atoms with E-state index in [0.717, 1.165) is 31.4 Å². The third-order valence-electron chi connectivity index (χ3n) is 3.52. The number of halogens is 1. The Morgan fingerprint density at radius 1 is 1.17 bits per heavy atom. The average Bonchev–Trinajstić information content (AvgIpc) is 2.57. The lowest BCUT2D eigenvalue weighted by molar-refractivity contribution is -0.120. The van der Waals surface area contributed by atoms with Crippen molar-refractivity contribution in [2.24, 2.45) is 11.7 Å². The van der Waals surface area contributed by atoms with Crippen LogP contribution in [0.2, 0.25) is 5.02 Å². The lowest BCUT2D eigenvalue weighted by Crippen LogP contribution is -2.37. The molecule has 1 saturated carbocycles. The van der Waals surface area contributed by atoms with Crippen LogP contribution in [0.3, 0.4) is 0 Å². The number of carbonyl (C=O) groups is 1. The fourth-order valence-electron chi connectivity index (χ4n) is 2.43. The van der Waals surface area contributed by atoms with E-state index in [-0.39, 0.29) is 17.9 Å². The van der Waals surface area contributed by atoms with Gasteiger partial charge < -0.3 is 11.1 Å². The monoisotopic (exact) mass is 266 g/mol. The molecule has 1 amide bonds. The summed E-state index contributed by atoms with van der Waals surface area (Å²) in [5, 5.41) is 3.59. The fourth-order valence-corrected chi connectivity index (χ4v) is 2.56. The summed E-state index contributed by atoms with van der Waals surface area (Å²) in [4.78, 5) is 12.2. The van der Waals surface area contributed by atoms with Crippen molar-refractivity contribution in [2.45, 2.75) is 38.1 Å². The predicted molar refractivity (Wildman–Crippen MR) is 74.6 cm³/mol. The second-order valence-electron chi connectivity index (χ2n) is 4.90. The SMILES string of the molecule is NC1CCCCCC1C(=O)Nc1ccc(Cl)cc1. The Bertz CT molecular complexity index is 405. The highest BCUT2D eigenvalue weighted by atomic mass is 35.5. The van der Waals surface area contributed by atoms with E-state index in [1.807, 2.05) is 12.1 Å². The minimum Gasteiger partial charge on any atom is -0.327 e. The molecule has 18 heavy (non-hydrogen) atoms. The number of benzene rings is 1.